The fourth-order valence-corrected chi connectivity index (χ4v) is 2.52. The number of ether oxygens (including phenoxy) is 2. The zero-order chi connectivity index (χ0) is 16.1. The summed E-state index contributed by atoms with van der Waals surface area (Å²) in [6.45, 7) is 0. The van der Waals surface area contributed by atoms with Crippen LogP contribution < -0.4 is 9.47 Å². The van der Waals surface area contributed by atoms with Crippen LogP contribution in [0.4, 0.5) is 0 Å². The van der Waals surface area contributed by atoms with Crippen LogP contribution in [0.5, 0.6) is 11.5 Å². The highest BCUT2D eigenvalue weighted by Crippen LogP contribution is 2.33. The van der Waals surface area contributed by atoms with Gasteiger partial charge >= 0.3 is 0 Å². The topological polar surface area (TPSA) is 35.5 Å². The zero-order valence-electron chi connectivity index (χ0n) is 12.1. The van der Waals surface area contributed by atoms with E-state index in [0.717, 1.165) is 5.56 Å². The normalized spacial score (nSPS) is 10.7. The van der Waals surface area contributed by atoms with Crippen LogP contribution in [0.1, 0.15) is 15.9 Å². The molecule has 22 heavy (non-hydrogen) atoms. The number of ketones is 1. The smallest absolute Gasteiger partial charge is 0.187 e. The summed E-state index contributed by atoms with van der Waals surface area (Å²) >= 11 is 9.21. The minimum atomic E-state index is -0.136. The molecule has 0 saturated carbocycles. The van der Waals surface area contributed by atoms with Gasteiger partial charge in [0.2, 0.25) is 0 Å². The Hall–Kier alpha value is -1.78. The Morgan fingerprint density at radius 3 is 2.27 bits per heavy atom. The van der Waals surface area contributed by atoms with E-state index in [1.54, 1.807) is 37.5 Å². The Balaban J connectivity index is 2.27. The predicted octanol–water partition coefficient (Wildman–Crippen LogP) is 5.02. The largest absolute Gasteiger partial charge is 0.493 e. The Morgan fingerprint density at radius 1 is 1.09 bits per heavy atom. The van der Waals surface area contributed by atoms with Crippen molar-refractivity contribution in [2.75, 3.05) is 14.2 Å². The Labute approximate surface area is 142 Å². The molecule has 0 N–H and O–H groups in total. The van der Waals surface area contributed by atoms with Crippen molar-refractivity contribution >= 4 is 39.4 Å². The number of rotatable bonds is 5. The minimum absolute atomic E-state index is 0.136. The number of halogens is 2. The maximum absolute atomic E-state index is 12.3. The summed E-state index contributed by atoms with van der Waals surface area (Å²) < 4.78 is 11.1. The molecule has 0 spiro atoms. The Bertz CT molecular complexity index is 709. The first-order valence-corrected chi connectivity index (χ1v) is 7.61. The summed E-state index contributed by atoms with van der Waals surface area (Å²) in [5, 5.41) is 0.658. The molecule has 0 aromatic heterocycles. The highest BCUT2D eigenvalue weighted by molar-refractivity contribution is 9.10. The lowest BCUT2D eigenvalue weighted by Crippen LogP contribution is -1.99. The second-order valence-corrected chi connectivity index (χ2v) is 5.73. The lowest BCUT2D eigenvalue weighted by molar-refractivity contribution is 0.104. The highest BCUT2D eigenvalue weighted by atomic mass is 79.9. The van der Waals surface area contributed by atoms with Gasteiger partial charge in [-0.1, -0.05) is 29.8 Å². The standard InChI is InChI=1S/C17H14BrClO3/c1-21-16-9-13(14(18)10-17(16)22-2)15(20)8-5-11-3-6-12(19)7-4-11/h3-10H,1-2H3. The van der Waals surface area contributed by atoms with Gasteiger partial charge in [0, 0.05) is 15.1 Å². The molecular weight excluding hydrogens is 368 g/mol. The quantitative estimate of drug-likeness (QED) is 0.539. The first-order chi connectivity index (χ1) is 10.5. The van der Waals surface area contributed by atoms with Gasteiger partial charge in [0.25, 0.3) is 0 Å². The average molecular weight is 382 g/mol. The summed E-state index contributed by atoms with van der Waals surface area (Å²) in [7, 11) is 3.08. The lowest BCUT2D eigenvalue weighted by Gasteiger charge is -2.10. The van der Waals surface area contributed by atoms with Gasteiger partial charge in [-0.15, -0.1) is 0 Å². The molecule has 0 amide bonds. The van der Waals surface area contributed by atoms with Crippen LogP contribution in [-0.2, 0) is 0 Å². The Morgan fingerprint density at radius 2 is 1.68 bits per heavy atom. The molecule has 0 aliphatic carbocycles. The van der Waals surface area contributed by atoms with E-state index in [-0.39, 0.29) is 5.78 Å². The summed E-state index contributed by atoms with van der Waals surface area (Å²) in [5.74, 6) is 0.935. The van der Waals surface area contributed by atoms with E-state index in [1.165, 1.54) is 13.2 Å². The second kappa shape index (κ2) is 7.47. The van der Waals surface area contributed by atoms with Gasteiger partial charge in [0.05, 0.1) is 14.2 Å². The van der Waals surface area contributed by atoms with Crippen molar-refractivity contribution in [2.45, 2.75) is 0 Å². The van der Waals surface area contributed by atoms with Crippen LogP contribution in [0, 0.1) is 0 Å². The number of hydrogen-bond acceptors (Lipinski definition) is 3. The van der Waals surface area contributed by atoms with Gasteiger partial charge in [0.1, 0.15) is 0 Å². The van der Waals surface area contributed by atoms with E-state index < -0.39 is 0 Å². The molecule has 114 valence electrons. The molecule has 0 fully saturated rings. The number of methoxy groups -OCH3 is 2. The number of allylic oxidation sites excluding steroid dienone is 1. The van der Waals surface area contributed by atoms with Gasteiger partial charge in [-0.2, -0.15) is 0 Å². The van der Waals surface area contributed by atoms with Crippen LogP contribution >= 0.6 is 27.5 Å². The summed E-state index contributed by atoms with van der Waals surface area (Å²) in [6, 6.07) is 10.6. The van der Waals surface area contributed by atoms with Crippen LogP contribution in [0.25, 0.3) is 6.08 Å². The number of carbonyl (C=O) groups is 1. The molecule has 0 bridgehead atoms. The number of carbonyl (C=O) groups excluding carboxylic acids is 1. The van der Waals surface area contributed by atoms with Gasteiger partial charge in [0.15, 0.2) is 17.3 Å². The minimum Gasteiger partial charge on any atom is -0.493 e. The van der Waals surface area contributed by atoms with Gasteiger partial charge in [-0.3, -0.25) is 4.79 Å². The molecule has 0 aliphatic heterocycles. The summed E-state index contributed by atoms with van der Waals surface area (Å²) in [6.07, 6.45) is 3.25. The van der Waals surface area contributed by atoms with Gasteiger partial charge < -0.3 is 9.47 Å². The molecule has 0 radical (unpaired) electrons. The molecule has 5 heteroatoms. The second-order valence-electron chi connectivity index (χ2n) is 4.44. The summed E-state index contributed by atoms with van der Waals surface area (Å²) in [4.78, 5) is 12.3. The number of hydrogen-bond donors (Lipinski definition) is 0. The first-order valence-electron chi connectivity index (χ1n) is 6.44. The molecule has 3 nitrogen and oxygen atoms in total. The van der Waals surface area contributed by atoms with Crippen LogP contribution in [0.3, 0.4) is 0 Å². The molecule has 0 unspecified atom stereocenters. The van der Waals surface area contributed by atoms with E-state index in [9.17, 15) is 4.79 Å². The molecule has 0 aliphatic rings. The van der Waals surface area contributed by atoms with Crippen LogP contribution in [0.15, 0.2) is 46.9 Å². The molecule has 0 heterocycles. The third kappa shape index (κ3) is 3.90. The SMILES string of the molecule is COc1cc(Br)c(C(=O)C=Cc2ccc(Cl)cc2)cc1OC. The summed E-state index contributed by atoms with van der Waals surface area (Å²) in [5.41, 5.74) is 1.40. The van der Waals surface area contributed by atoms with E-state index in [1.807, 2.05) is 12.1 Å². The average Bonchev–Trinajstić information content (AvgIpc) is 2.53. The van der Waals surface area contributed by atoms with Crippen molar-refractivity contribution in [3.63, 3.8) is 0 Å². The first kappa shape index (κ1) is 16.6. The van der Waals surface area contributed by atoms with Crippen molar-refractivity contribution in [3.05, 3.63) is 63.1 Å². The van der Waals surface area contributed by atoms with Gasteiger partial charge in [-0.05, 0) is 51.8 Å². The number of benzene rings is 2. The van der Waals surface area contributed by atoms with Crippen molar-refractivity contribution in [2.24, 2.45) is 0 Å². The molecule has 2 aromatic carbocycles. The third-order valence-corrected chi connectivity index (χ3v) is 3.94. The molecule has 2 rings (SSSR count). The van der Waals surface area contributed by atoms with Crippen LogP contribution in [0.2, 0.25) is 5.02 Å². The van der Waals surface area contributed by atoms with Gasteiger partial charge in [-0.25, -0.2) is 0 Å². The van der Waals surface area contributed by atoms with Crippen molar-refractivity contribution in [3.8, 4) is 11.5 Å². The third-order valence-electron chi connectivity index (χ3n) is 3.04. The van der Waals surface area contributed by atoms with E-state index in [2.05, 4.69) is 15.9 Å². The fraction of sp³-hybridized carbons (Fsp3) is 0.118. The van der Waals surface area contributed by atoms with Crippen molar-refractivity contribution in [1.82, 2.24) is 0 Å². The highest BCUT2D eigenvalue weighted by Gasteiger charge is 2.13. The fourth-order valence-electron chi connectivity index (χ4n) is 1.88. The van der Waals surface area contributed by atoms with Crippen LogP contribution in [-0.4, -0.2) is 20.0 Å². The maximum atomic E-state index is 12.3. The predicted molar refractivity (Wildman–Crippen MR) is 92.1 cm³/mol. The zero-order valence-corrected chi connectivity index (χ0v) is 14.4. The van der Waals surface area contributed by atoms with Crippen molar-refractivity contribution in [1.29, 1.82) is 0 Å². The monoisotopic (exact) mass is 380 g/mol. The molecule has 2 aromatic rings. The maximum Gasteiger partial charge on any atom is 0.187 e. The lowest BCUT2D eigenvalue weighted by atomic mass is 10.1. The molecular formula is C17H14BrClO3. The molecule has 0 saturated heterocycles. The van der Waals surface area contributed by atoms with E-state index in [0.29, 0.717) is 26.6 Å². The van der Waals surface area contributed by atoms with Crippen molar-refractivity contribution < 1.29 is 14.3 Å². The van der Waals surface area contributed by atoms with E-state index in [4.69, 9.17) is 21.1 Å². The molecule has 0 atom stereocenters. The Kier molecular flexibility index (Phi) is 5.63. The van der Waals surface area contributed by atoms with E-state index >= 15 is 0 Å².